The van der Waals surface area contributed by atoms with Crippen molar-refractivity contribution < 1.29 is 13.2 Å². The highest BCUT2D eigenvalue weighted by atomic mass is 35.5. The largest absolute Gasteiger partial charge is 0.401 e. The molecule has 0 aliphatic carbocycles. The molecule has 0 saturated carbocycles. The molecule has 0 spiro atoms. The molecule has 0 radical (unpaired) electrons. The van der Waals surface area contributed by atoms with Gasteiger partial charge in [-0.05, 0) is 6.54 Å². The minimum Gasteiger partial charge on any atom is -0.329 e. The average molecular weight is 243 g/mol. The third-order valence-corrected chi connectivity index (χ3v) is 1.30. The molecule has 0 bridgehead atoms. The molecule has 2 N–H and O–H groups in total. The van der Waals surface area contributed by atoms with Gasteiger partial charge in [-0.2, -0.15) is 13.2 Å². The molecule has 0 unspecified atom stereocenters. The summed E-state index contributed by atoms with van der Waals surface area (Å²) in [7, 11) is 0. The second kappa shape index (κ2) is 8.87. The fraction of sp³-hybridized carbons (Fsp3) is 1.00. The Hall–Kier alpha value is 0.290. The van der Waals surface area contributed by atoms with E-state index in [2.05, 4.69) is 0 Å². The summed E-state index contributed by atoms with van der Waals surface area (Å²) in [4.78, 5) is 1.26. The molecule has 0 aromatic carbocycles. The first-order valence-corrected chi connectivity index (χ1v) is 3.48. The van der Waals surface area contributed by atoms with Gasteiger partial charge in [0.25, 0.3) is 0 Å². The van der Waals surface area contributed by atoms with Gasteiger partial charge in [-0.15, -0.1) is 24.8 Å². The molecule has 0 saturated heterocycles. The zero-order valence-corrected chi connectivity index (χ0v) is 8.94. The van der Waals surface area contributed by atoms with E-state index in [1.165, 1.54) is 4.90 Å². The van der Waals surface area contributed by atoms with Crippen molar-refractivity contribution in [1.29, 1.82) is 0 Å². The van der Waals surface area contributed by atoms with E-state index in [9.17, 15) is 13.2 Å². The van der Waals surface area contributed by atoms with Crippen molar-refractivity contribution in [2.24, 2.45) is 5.73 Å². The van der Waals surface area contributed by atoms with Gasteiger partial charge in [0.2, 0.25) is 0 Å². The maximum Gasteiger partial charge on any atom is 0.401 e. The summed E-state index contributed by atoms with van der Waals surface area (Å²) in [5.74, 6) is 0. The summed E-state index contributed by atoms with van der Waals surface area (Å²) in [5.41, 5.74) is 5.11. The topological polar surface area (TPSA) is 29.3 Å². The van der Waals surface area contributed by atoms with Crippen LogP contribution in [0.2, 0.25) is 0 Å². The summed E-state index contributed by atoms with van der Waals surface area (Å²) >= 11 is 0. The Kier molecular flexibility index (Phi) is 12.9. The first-order chi connectivity index (χ1) is 4.99. The molecule has 0 aliphatic heterocycles. The zero-order valence-electron chi connectivity index (χ0n) is 7.30. The molecular weight excluding hydrogens is 228 g/mol. The second-order valence-electron chi connectivity index (χ2n) is 2.27. The first kappa shape index (κ1) is 19.0. The van der Waals surface area contributed by atoms with E-state index in [-0.39, 0.29) is 31.4 Å². The first-order valence-electron chi connectivity index (χ1n) is 3.48. The Morgan fingerprint density at radius 1 is 1.23 bits per heavy atom. The van der Waals surface area contributed by atoms with Crippen molar-refractivity contribution >= 4 is 24.8 Å². The number of nitrogens with zero attached hydrogens (tertiary/aromatic N) is 1. The Balaban J connectivity index is -0.000000500. The minimum absolute atomic E-state index is 0. The van der Waals surface area contributed by atoms with Crippen LogP contribution in [-0.4, -0.2) is 37.3 Å². The summed E-state index contributed by atoms with van der Waals surface area (Å²) in [6, 6.07) is 0. The van der Waals surface area contributed by atoms with Crippen LogP contribution in [0.4, 0.5) is 13.2 Å². The number of hydrogen-bond acceptors (Lipinski definition) is 2. The monoisotopic (exact) mass is 242 g/mol. The fourth-order valence-corrected chi connectivity index (χ4v) is 0.785. The van der Waals surface area contributed by atoms with Gasteiger partial charge in [0.05, 0.1) is 6.54 Å². The third kappa shape index (κ3) is 12.3. The molecule has 0 aromatic rings. The van der Waals surface area contributed by atoms with E-state index >= 15 is 0 Å². The van der Waals surface area contributed by atoms with E-state index < -0.39 is 12.7 Å². The van der Waals surface area contributed by atoms with Gasteiger partial charge >= 0.3 is 6.18 Å². The highest BCUT2D eigenvalue weighted by molar-refractivity contribution is 5.85. The number of likely N-dealkylation sites (N-methyl/N-ethyl adjacent to an activating group) is 1. The molecule has 84 valence electrons. The minimum atomic E-state index is -4.11. The van der Waals surface area contributed by atoms with Crippen molar-refractivity contribution in [1.82, 2.24) is 4.90 Å². The van der Waals surface area contributed by atoms with Gasteiger partial charge in [-0.1, -0.05) is 6.92 Å². The van der Waals surface area contributed by atoms with Crippen LogP contribution in [0, 0.1) is 0 Å². The molecule has 2 nitrogen and oxygen atoms in total. The Labute approximate surface area is 88.5 Å². The highest BCUT2D eigenvalue weighted by Crippen LogP contribution is 2.15. The predicted octanol–water partition coefficient (Wildman–Crippen LogP) is 1.67. The molecule has 0 heterocycles. The number of halogens is 5. The maximum atomic E-state index is 11.7. The van der Waals surface area contributed by atoms with Crippen LogP contribution in [-0.2, 0) is 0 Å². The van der Waals surface area contributed by atoms with Crippen LogP contribution < -0.4 is 5.73 Å². The van der Waals surface area contributed by atoms with E-state index in [4.69, 9.17) is 5.73 Å². The van der Waals surface area contributed by atoms with E-state index in [0.717, 1.165) is 0 Å². The molecule has 0 fully saturated rings. The van der Waals surface area contributed by atoms with E-state index in [1.54, 1.807) is 6.92 Å². The zero-order chi connectivity index (χ0) is 8.91. The van der Waals surface area contributed by atoms with Crippen LogP contribution in [0.5, 0.6) is 0 Å². The Morgan fingerprint density at radius 2 is 1.69 bits per heavy atom. The SMILES string of the molecule is CCN(CCN)CC(F)(F)F.Cl.Cl. The van der Waals surface area contributed by atoms with Crippen LogP contribution in [0.3, 0.4) is 0 Å². The normalized spacial score (nSPS) is 10.6. The van der Waals surface area contributed by atoms with Crippen molar-refractivity contribution in [3.05, 3.63) is 0 Å². The van der Waals surface area contributed by atoms with E-state index in [1.807, 2.05) is 0 Å². The lowest BCUT2D eigenvalue weighted by molar-refractivity contribution is -0.145. The molecule has 13 heavy (non-hydrogen) atoms. The highest BCUT2D eigenvalue weighted by Gasteiger charge is 2.29. The Morgan fingerprint density at radius 3 is 1.92 bits per heavy atom. The number of alkyl halides is 3. The molecule has 0 rings (SSSR count). The third-order valence-electron chi connectivity index (χ3n) is 1.30. The van der Waals surface area contributed by atoms with Gasteiger partial charge in [0.1, 0.15) is 0 Å². The van der Waals surface area contributed by atoms with Crippen molar-refractivity contribution in [3.63, 3.8) is 0 Å². The molecule has 7 heteroatoms. The van der Waals surface area contributed by atoms with Crippen LogP contribution in [0.15, 0.2) is 0 Å². The van der Waals surface area contributed by atoms with Crippen LogP contribution in [0.1, 0.15) is 6.92 Å². The number of hydrogen-bond donors (Lipinski definition) is 1. The summed E-state index contributed by atoms with van der Waals surface area (Å²) in [6.45, 7) is 1.78. The summed E-state index contributed by atoms with van der Waals surface area (Å²) < 4.78 is 35.2. The summed E-state index contributed by atoms with van der Waals surface area (Å²) in [5, 5.41) is 0. The lowest BCUT2D eigenvalue weighted by Gasteiger charge is -2.20. The summed E-state index contributed by atoms with van der Waals surface area (Å²) in [6.07, 6.45) is -4.11. The van der Waals surface area contributed by atoms with Crippen molar-refractivity contribution in [2.75, 3.05) is 26.2 Å². The van der Waals surface area contributed by atoms with Crippen LogP contribution >= 0.6 is 24.8 Å². The standard InChI is InChI=1S/C6H13F3N2.2ClH/c1-2-11(4-3-10)5-6(7,8)9;;/h2-5,10H2,1H3;2*1H. The van der Waals surface area contributed by atoms with Gasteiger partial charge in [-0.3, -0.25) is 4.90 Å². The maximum absolute atomic E-state index is 11.7. The fourth-order valence-electron chi connectivity index (χ4n) is 0.785. The van der Waals surface area contributed by atoms with Gasteiger partial charge < -0.3 is 5.73 Å². The lowest BCUT2D eigenvalue weighted by Crippen LogP contribution is -2.37. The molecule has 0 aromatic heterocycles. The Bertz CT molecular complexity index is 111. The predicted molar refractivity (Wildman–Crippen MR) is 51.7 cm³/mol. The van der Waals surface area contributed by atoms with E-state index in [0.29, 0.717) is 13.1 Å². The van der Waals surface area contributed by atoms with Crippen molar-refractivity contribution in [2.45, 2.75) is 13.1 Å². The quantitative estimate of drug-likeness (QED) is 0.813. The number of nitrogens with two attached hydrogens (primary N) is 1. The van der Waals surface area contributed by atoms with Gasteiger partial charge in [0, 0.05) is 13.1 Å². The molecular formula is C6H15Cl2F3N2. The molecule has 0 amide bonds. The van der Waals surface area contributed by atoms with Gasteiger partial charge in [0.15, 0.2) is 0 Å². The average Bonchev–Trinajstić information content (AvgIpc) is 1.84. The van der Waals surface area contributed by atoms with Crippen LogP contribution in [0.25, 0.3) is 0 Å². The van der Waals surface area contributed by atoms with Gasteiger partial charge in [-0.25, -0.2) is 0 Å². The second-order valence-corrected chi connectivity index (χ2v) is 2.27. The molecule has 0 aliphatic rings. The smallest absolute Gasteiger partial charge is 0.329 e. The lowest BCUT2D eigenvalue weighted by atomic mass is 10.4. The van der Waals surface area contributed by atoms with Crippen molar-refractivity contribution in [3.8, 4) is 0 Å². The molecule has 0 atom stereocenters. The number of rotatable bonds is 4.